The average Bonchev–Trinajstić information content (AvgIpc) is 2.83. The van der Waals surface area contributed by atoms with Crippen molar-refractivity contribution >= 4 is 11.7 Å². The van der Waals surface area contributed by atoms with Gasteiger partial charge in [0.1, 0.15) is 5.82 Å². The molecule has 0 aliphatic carbocycles. The summed E-state index contributed by atoms with van der Waals surface area (Å²) >= 11 is 0. The molecule has 0 unspecified atom stereocenters. The molecule has 0 fully saturated rings. The lowest BCUT2D eigenvalue weighted by molar-refractivity contribution is 0.0947. The van der Waals surface area contributed by atoms with Crippen molar-refractivity contribution in [3.8, 4) is 0 Å². The molecule has 0 aliphatic heterocycles. The predicted octanol–water partition coefficient (Wildman–Crippen LogP) is -0.586. The first-order chi connectivity index (χ1) is 8.25. The van der Waals surface area contributed by atoms with Crippen LogP contribution in [-0.4, -0.2) is 32.8 Å². The highest BCUT2D eigenvalue weighted by molar-refractivity contribution is 5.92. The summed E-state index contributed by atoms with van der Waals surface area (Å²) in [6, 6.07) is 3.02. The fourth-order valence-corrected chi connectivity index (χ4v) is 1.14. The van der Waals surface area contributed by atoms with E-state index in [0.717, 1.165) is 0 Å². The largest absolute Gasteiger partial charge is 0.382 e. The lowest BCUT2D eigenvalue weighted by atomic mass is 10.3. The van der Waals surface area contributed by atoms with Gasteiger partial charge in [-0.25, -0.2) is 0 Å². The first-order valence-electron chi connectivity index (χ1n) is 4.88. The normalized spacial score (nSPS) is 10.1. The molecule has 1 amide bonds. The molecule has 0 radical (unpaired) electrons. The molecule has 0 spiro atoms. The number of carbonyl (C=O) groups excluding carboxylic acids is 1. The van der Waals surface area contributed by atoms with Crippen LogP contribution in [0, 0.1) is 0 Å². The van der Waals surface area contributed by atoms with E-state index in [0.29, 0.717) is 18.9 Å². The van der Waals surface area contributed by atoms with Crippen molar-refractivity contribution in [3.05, 3.63) is 30.0 Å². The number of anilines is 1. The SMILES string of the molecule is Nc1ccc(C(=O)NCCc2ncno2)nn1. The number of nitrogens with two attached hydrogens (primary N) is 1. The van der Waals surface area contributed by atoms with Gasteiger partial charge in [0.25, 0.3) is 5.91 Å². The second kappa shape index (κ2) is 5.01. The van der Waals surface area contributed by atoms with Crippen molar-refractivity contribution in [2.45, 2.75) is 6.42 Å². The molecule has 88 valence electrons. The van der Waals surface area contributed by atoms with Gasteiger partial charge in [-0.1, -0.05) is 5.16 Å². The number of aromatic nitrogens is 4. The quantitative estimate of drug-likeness (QED) is 0.725. The van der Waals surface area contributed by atoms with E-state index in [4.69, 9.17) is 10.3 Å². The molecule has 0 saturated heterocycles. The second-order valence-electron chi connectivity index (χ2n) is 3.18. The summed E-state index contributed by atoms with van der Waals surface area (Å²) in [6.45, 7) is 0.382. The zero-order chi connectivity index (χ0) is 12.1. The minimum absolute atomic E-state index is 0.213. The zero-order valence-corrected chi connectivity index (χ0v) is 8.83. The van der Waals surface area contributed by atoms with Gasteiger partial charge in [-0.3, -0.25) is 4.79 Å². The number of hydrogen-bond acceptors (Lipinski definition) is 7. The third-order valence-corrected chi connectivity index (χ3v) is 1.95. The van der Waals surface area contributed by atoms with Crippen LogP contribution in [0.5, 0.6) is 0 Å². The van der Waals surface area contributed by atoms with E-state index in [-0.39, 0.29) is 17.4 Å². The smallest absolute Gasteiger partial charge is 0.271 e. The third kappa shape index (κ3) is 2.97. The molecule has 3 N–H and O–H groups in total. The summed E-state index contributed by atoms with van der Waals surface area (Å²) in [7, 11) is 0. The Morgan fingerprint density at radius 2 is 2.29 bits per heavy atom. The Hall–Kier alpha value is -2.51. The van der Waals surface area contributed by atoms with Gasteiger partial charge in [0.15, 0.2) is 12.0 Å². The fourth-order valence-electron chi connectivity index (χ4n) is 1.14. The summed E-state index contributed by atoms with van der Waals surface area (Å²) in [5, 5.41) is 13.3. The van der Waals surface area contributed by atoms with Gasteiger partial charge in [-0.2, -0.15) is 4.98 Å². The van der Waals surface area contributed by atoms with E-state index < -0.39 is 0 Å². The Bertz CT molecular complexity index is 481. The van der Waals surface area contributed by atoms with E-state index in [2.05, 4.69) is 25.7 Å². The number of amides is 1. The van der Waals surface area contributed by atoms with Crippen LogP contribution >= 0.6 is 0 Å². The molecule has 0 aliphatic rings. The standard InChI is InChI=1S/C9H10N6O2/c10-7-2-1-6(14-15-7)9(16)11-4-3-8-12-5-13-17-8/h1-2,5H,3-4H2,(H2,10,15)(H,11,16). The van der Waals surface area contributed by atoms with Gasteiger partial charge in [0, 0.05) is 13.0 Å². The first-order valence-corrected chi connectivity index (χ1v) is 4.88. The summed E-state index contributed by atoms with van der Waals surface area (Å²) in [5.74, 6) is 0.415. The zero-order valence-electron chi connectivity index (χ0n) is 8.83. The molecule has 2 aromatic heterocycles. The van der Waals surface area contributed by atoms with Crippen LogP contribution < -0.4 is 11.1 Å². The highest BCUT2D eigenvalue weighted by Gasteiger charge is 2.07. The van der Waals surface area contributed by atoms with Crippen LogP contribution in [0.3, 0.4) is 0 Å². The Morgan fingerprint density at radius 3 is 2.94 bits per heavy atom. The molecule has 8 nitrogen and oxygen atoms in total. The van der Waals surface area contributed by atoms with Crippen LogP contribution in [0.4, 0.5) is 5.82 Å². The molecule has 2 aromatic rings. The lowest BCUT2D eigenvalue weighted by Crippen LogP contribution is -2.26. The van der Waals surface area contributed by atoms with Crippen molar-refractivity contribution in [2.75, 3.05) is 12.3 Å². The Kier molecular flexibility index (Phi) is 3.24. The Labute approximate surface area is 96.2 Å². The lowest BCUT2D eigenvalue weighted by Gasteiger charge is -2.01. The van der Waals surface area contributed by atoms with E-state index in [1.807, 2.05) is 0 Å². The van der Waals surface area contributed by atoms with Crippen LogP contribution in [-0.2, 0) is 6.42 Å². The summed E-state index contributed by atoms with van der Waals surface area (Å²) in [4.78, 5) is 15.4. The number of rotatable bonds is 4. The number of hydrogen-bond donors (Lipinski definition) is 2. The van der Waals surface area contributed by atoms with Gasteiger partial charge in [0.2, 0.25) is 5.89 Å². The third-order valence-electron chi connectivity index (χ3n) is 1.95. The molecule has 0 bridgehead atoms. The average molecular weight is 234 g/mol. The van der Waals surface area contributed by atoms with Gasteiger partial charge >= 0.3 is 0 Å². The van der Waals surface area contributed by atoms with Crippen molar-refractivity contribution in [3.63, 3.8) is 0 Å². The minimum Gasteiger partial charge on any atom is -0.382 e. The number of nitrogens with zero attached hydrogens (tertiary/aromatic N) is 4. The highest BCUT2D eigenvalue weighted by Crippen LogP contribution is 1.97. The molecular formula is C9H10N6O2. The molecular weight excluding hydrogens is 224 g/mol. The summed E-state index contributed by atoms with van der Waals surface area (Å²) in [5.41, 5.74) is 5.57. The number of nitrogen functional groups attached to an aromatic ring is 1. The van der Waals surface area contributed by atoms with Crippen LogP contribution in [0.1, 0.15) is 16.4 Å². The maximum Gasteiger partial charge on any atom is 0.271 e. The second-order valence-corrected chi connectivity index (χ2v) is 3.18. The number of carbonyl (C=O) groups is 1. The Morgan fingerprint density at radius 1 is 1.41 bits per heavy atom. The highest BCUT2D eigenvalue weighted by atomic mass is 16.5. The topological polar surface area (TPSA) is 120 Å². The van der Waals surface area contributed by atoms with Crippen molar-refractivity contribution in [2.24, 2.45) is 0 Å². The van der Waals surface area contributed by atoms with Gasteiger partial charge in [-0.05, 0) is 12.1 Å². The predicted molar refractivity (Wildman–Crippen MR) is 56.8 cm³/mol. The maximum atomic E-state index is 11.6. The maximum absolute atomic E-state index is 11.6. The van der Waals surface area contributed by atoms with Gasteiger partial charge < -0.3 is 15.6 Å². The Balaban J connectivity index is 1.83. The van der Waals surface area contributed by atoms with E-state index >= 15 is 0 Å². The molecule has 0 aromatic carbocycles. The van der Waals surface area contributed by atoms with Crippen molar-refractivity contribution in [1.29, 1.82) is 0 Å². The summed E-state index contributed by atoms with van der Waals surface area (Å²) in [6.07, 6.45) is 1.77. The molecule has 17 heavy (non-hydrogen) atoms. The molecule has 2 heterocycles. The fraction of sp³-hybridized carbons (Fsp3) is 0.222. The van der Waals surface area contributed by atoms with E-state index in [9.17, 15) is 4.79 Å². The van der Waals surface area contributed by atoms with Crippen molar-refractivity contribution in [1.82, 2.24) is 25.7 Å². The van der Waals surface area contributed by atoms with E-state index in [1.54, 1.807) is 0 Å². The summed E-state index contributed by atoms with van der Waals surface area (Å²) < 4.78 is 4.78. The molecule has 0 saturated carbocycles. The molecule has 0 atom stereocenters. The van der Waals surface area contributed by atoms with Crippen LogP contribution in [0.15, 0.2) is 23.0 Å². The van der Waals surface area contributed by atoms with Gasteiger partial charge in [0.05, 0.1) is 0 Å². The van der Waals surface area contributed by atoms with Gasteiger partial charge in [-0.15, -0.1) is 10.2 Å². The monoisotopic (exact) mass is 234 g/mol. The first kappa shape index (κ1) is 11.0. The molecule has 8 heteroatoms. The van der Waals surface area contributed by atoms with Crippen molar-refractivity contribution < 1.29 is 9.32 Å². The minimum atomic E-state index is -0.322. The number of nitrogens with one attached hydrogen (secondary N) is 1. The van der Waals surface area contributed by atoms with Crippen LogP contribution in [0.25, 0.3) is 0 Å². The van der Waals surface area contributed by atoms with Crippen LogP contribution in [0.2, 0.25) is 0 Å². The molecule has 2 rings (SSSR count). The van der Waals surface area contributed by atoms with E-state index in [1.165, 1.54) is 18.5 Å².